The standard InChI is InChI=1S/C30H30ClNO5/c1-5-37-25-15-10-21(16-24(25)18(2)3)28(33)26-27(20-8-11-22(31)12-9-20)32(30(35)29(26)34)17-19-6-13-23(36-4)14-7-19/h6-16,18,27,33H,5,17H2,1-4H3/b28-26-. The molecular weight excluding hydrogens is 490 g/mol. The normalized spacial score (nSPS) is 16.9. The van der Waals surface area contributed by atoms with E-state index >= 15 is 0 Å². The molecule has 1 fully saturated rings. The molecule has 1 aliphatic rings. The number of rotatable bonds is 8. The number of methoxy groups -OCH3 is 1. The number of nitrogens with zero attached hydrogens (tertiary/aromatic N) is 1. The van der Waals surface area contributed by atoms with Crippen LogP contribution in [0.3, 0.4) is 0 Å². The lowest BCUT2D eigenvalue weighted by Crippen LogP contribution is -2.29. The van der Waals surface area contributed by atoms with Gasteiger partial charge in [0.25, 0.3) is 11.7 Å². The van der Waals surface area contributed by atoms with Gasteiger partial charge in [-0.05, 0) is 72.0 Å². The molecule has 1 heterocycles. The molecule has 0 bridgehead atoms. The highest BCUT2D eigenvalue weighted by molar-refractivity contribution is 6.46. The molecule has 0 aromatic heterocycles. The fraction of sp³-hybridized carbons (Fsp3) is 0.267. The Balaban J connectivity index is 1.84. The molecule has 1 atom stereocenters. The topological polar surface area (TPSA) is 76.1 Å². The van der Waals surface area contributed by atoms with Crippen LogP contribution in [0.2, 0.25) is 5.02 Å². The van der Waals surface area contributed by atoms with Crippen molar-refractivity contribution in [2.45, 2.75) is 39.3 Å². The van der Waals surface area contributed by atoms with E-state index in [4.69, 9.17) is 21.1 Å². The molecule has 192 valence electrons. The predicted octanol–water partition coefficient (Wildman–Crippen LogP) is 6.49. The Morgan fingerprint density at radius 2 is 1.70 bits per heavy atom. The number of aliphatic hydroxyl groups is 1. The number of hydrogen-bond acceptors (Lipinski definition) is 5. The quantitative estimate of drug-likeness (QED) is 0.209. The van der Waals surface area contributed by atoms with E-state index in [1.165, 1.54) is 4.90 Å². The first-order valence-corrected chi connectivity index (χ1v) is 12.6. The van der Waals surface area contributed by atoms with Gasteiger partial charge < -0.3 is 19.5 Å². The Kier molecular flexibility index (Phi) is 7.89. The van der Waals surface area contributed by atoms with Crippen molar-refractivity contribution in [1.29, 1.82) is 0 Å². The van der Waals surface area contributed by atoms with E-state index in [9.17, 15) is 14.7 Å². The molecule has 37 heavy (non-hydrogen) atoms. The maximum Gasteiger partial charge on any atom is 0.295 e. The third kappa shape index (κ3) is 5.35. The van der Waals surface area contributed by atoms with Crippen LogP contribution >= 0.6 is 11.6 Å². The second kappa shape index (κ2) is 11.1. The van der Waals surface area contributed by atoms with Crippen molar-refractivity contribution >= 4 is 29.1 Å². The Bertz CT molecular complexity index is 1330. The van der Waals surface area contributed by atoms with Gasteiger partial charge >= 0.3 is 0 Å². The molecule has 0 saturated carbocycles. The lowest BCUT2D eigenvalue weighted by Gasteiger charge is -2.25. The van der Waals surface area contributed by atoms with Crippen molar-refractivity contribution in [3.05, 3.63) is 99.6 Å². The van der Waals surface area contributed by atoms with Gasteiger partial charge in [0.2, 0.25) is 0 Å². The van der Waals surface area contributed by atoms with Gasteiger partial charge in [-0.1, -0.05) is 49.7 Å². The average Bonchev–Trinajstić information content (AvgIpc) is 3.14. The monoisotopic (exact) mass is 519 g/mol. The fourth-order valence-electron chi connectivity index (χ4n) is 4.55. The van der Waals surface area contributed by atoms with Gasteiger partial charge in [-0.15, -0.1) is 0 Å². The Morgan fingerprint density at radius 1 is 1.03 bits per heavy atom. The lowest BCUT2D eigenvalue weighted by atomic mass is 9.93. The van der Waals surface area contributed by atoms with Crippen LogP contribution in [0, 0.1) is 0 Å². The third-order valence-corrected chi connectivity index (χ3v) is 6.69. The summed E-state index contributed by atoms with van der Waals surface area (Å²) in [5.41, 5.74) is 2.90. The van der Waals surface area contributed by atoms with E-state index in [2.05, 4.69) is 0 Å². The maximum atomic E-state index is 13.4. The molecule has 0 aliphatic carbocycles. The number of ether oxygens (including phenoxy) is 2. The summed E-state index contributed by atoms with van der Waals surface area (Å²) in [6, 6.07) is 18.8. The van der Waals surface area contributed by atoms with Gasteiger partial charge in [-0.25, -0.2) is 0 Å². The zero-order chi connectivity index (χ0) is 26.7. The first-order valence-electron chi connectivity index (χ1n) is 12.2. The molecule has 7 heteroatoms. The molecule has 1 saturated heterocycles. The summed E-state index contributed by atoms with van der Waals surface area (Å²) in [6.07, 6.45) is 0. The van der Waals surface area contributed by atoms with Crippen molar-refractivity contribution in [1.82, 2.24) is 4.90 Å². The SMILES string of the molecule is CCOc1ccc(/C(O)=C2/C(=O)C(=O)N(Cc3ccc(OC)cc3)C2c2ccc(Cl)cc2)cc1C(C)C. The summed E-state index contributed by atoms with van der Waals surface area (Å²) in [4.78, 5) is 28.2. The minimum atomic E-state index is -0.784. The van der Waals surface area contributed by atoms with Crippen LogP contribution in [0.5, 0.6) is 11.5 Å². The van der Waals surface area contributed by atoms with Crippen LogP contribution in [0.4, 0.5) is 0 Å². The molecule has 1 unspecified atom stereocenters. The second-order valence-corrected chi connectivity index (χ2v) is 9.60. The van der Waals surface area contributed by atoms with Gasteiger partial charge in [0.05, 0.1) is 25.3 Å². The molecule has 1 N–H and O–H groups in total. The van der Waals surface area contributed by atoms with Crippen LogP contribution in [0.1, 0.15) is 55.0 Å². The third-order valence-electron chi connectivity index (χ3n) is 6.44. The Morgan fingerprint density at radius 3 is 2.30 bits per heavy atom. The molecule has 3 aromatic carbocycles. The van der Waals surface area contributed by atoms with Crippen LogP contribution in [-0.2, 0) is 16.1 Å². The first kappa shape index (κ1) is 26.3. The van der Waals surface area contributed by atoms with E-state index in [-0.39, 0.29) is 23.8 Å². The highest BCUT2D eigenvalue weighted by Gasteiger charge is 2.46. The number of aliphatic hydroxyl groups excluding tert-OH is 1. The molecule has 4 rings (SSSR count). The minimum Gasteiger partial charge on any atom is -0.507 e. The van der Waals surface area contributed by atoms with Crippen molar-refractivity contribution in [3.63, 3.8) is 0 Å². The van der Waals surface area contributed by atoms with E-state index in [1.807, 2.05) is 39.0 Å². The summed E-state index contributed by atoms with van der Waals surface area (Å²) in [7, 11) is 1.58. The first-order chi connectivity index (χ1) is 17.7. The fourth-order valence-corrected chi connectivity index (χ4v) is 4.68. The van der Waals surface area contributed by atoms with Gasteiger partial charge in [-0.3, -0.25) is 9.59 Å². The van der Waals surface area contributed by atoms with E-state index in [0.717, 1.165) is 16.9 Å². The molecule has 1 amide bonds. The second-order valence-electron chi connectivity index (χ2n) is 9.17. The summed E-state index contributed by atoms with van der Waals surface area (Å²) in [5, 5.41) is 12.0. The number of ketones is 1. The van der Waals surface area contributed by atoms with Crippen LogP contribution < -0.4 is 9.47 Å². The zero-order valence-corrected chi connectivity index (χ0v) is 22.1. The summed E-state index contributed by atoms with van der Waals surface area (Å²) in [6.45, 7) is 6.66. The lowest BCUT2D eigenvalue weighted by molar-refractivity contribution is -0.140. The summed E-state index contributed by atoms with van der Waals surface area (Å²) in [5.74, 6) is -0.0858. The van der Waals surface area contributed by atoms with Gasteiger partial charge in [0.1, 0.15) is 17.3 Å². The largest absolute Gasteiger partial charge is 0.507 e. The Hall–Kier alpha value is -3.77. The highest BCUT2D eigenvalue weighted by Crippen LogP contribution is 2.41. The highest BCUT2D eigenvalue weighted by atomic mass is 35.5. The number of carbonyl (C=O) groups is 2. The Labute approximate surface area is 222 Å². The molecular formula is C30H30ClNO5. The number of Topliss-reactive ketones (excluding diaryl/α,β-unsaturated/α-hetero) is 1. The summed E-state index contributed by atoms with van der Waals surface area (Å²) >= 11 is 6.12. The molecule has 3 aromatic rings. The van der Waals surface area contributed by atoms with Gasteiger partial charge in [0.15, 0.2) is 0 Å². The zero-order valence-electron chi connectivity index (χ0n) is 21.3. The maximum absolute atomic E-state index is 13.4. The average molecular weight is 520 g/mol. The van der Waals surface area contributed by atoms with Crippen molar-refractivity contribution in [2.75, 3.05) is 13.7 Å². The van der Waals surface area contributed by atoms with E-state index in [1.54, 1.807) is 55.6 Å². The number of likely N-dealkylation sites (tertiary alicyclic amines) is 1. The van der Waals surface area contributed by atoms with Crippen LogP contribution in [0.15, 0.2) is 72.3 Å². The predicted molar refractivity (Wildman–Crippen MR) is 144 cm³/mol. The number of carbonyl (C=O) groups excluding carboxylic acids is 2. The minimum absolute atomic E-state index is 0.0414. The number of halogens is 1. The van der Waals surface area contributed by atoms with Crippen LogP contribution in [0.25, 0.3) is 5.76 Å². The molecule has 6 nitrogen and oxygen atoms in total. The van der Waals surface area contributed by atoms with E-state index in [0.29, 0.717) is 28.5 Å². The molecule has 0 radical (unpaired) electrons. The van der Waals surface area contributed by atoms with Crippen molar-refractivity contribution in [2.24, 2.45) is 0 Å². The number of hydrogen-bond donors (Lipinski definition) is 1. The number of benzene rings is 3. The van der Waals surface area contributed by atoms with E-state index < -0.39 is 17.7 Å². The van der Waals surface area contributed by atoms with Gasteiger partial charge in [-0.2, -0.15) is 0 Å². The van der Waals surface area contributed by atoms with Gasteiger partial charge in [0, 0.05) is 17.1 Å². The molecule has 0 spiro atoms. The number of amides is 1. The van der Waals surface area contributed by atoms with Crippen molar-refractivity contribution in [3.8, 4) is 11.5 Å². The molecule has 1 aliphatic heterocycles. The van der Waals surface area contributed by atoms with Crippen LogP contribution in [-0.4, -0.2) is 35.4 Å². The summed E-state index contributed by atoms with van der Waals surface area (Å²) < 4.78 is 11.0. The smallest absolute Gasteiger partial charge is 0.295 e. The van der Waals surface area contributed by atoms with Crippen molar-refractivity contribution < 1.29 is 24.2 Å².